The van der Waals surface area contributed by atoms with Crippen molar-refractivity contribution in [3.63, 3.8) is 0 Å². The number of hydrogen-bond acceptors (Lipinski definition) is 1. The molecular formula is C18H38Na2O. The van der Waals surface area contributed by atoms with E-state index in [2.05, 4.69) is 13.8 Å². The van der Waals surface area contributed by atoms with E-state index in [1.807, 2.05) is 0 Å². The molecule has 0 spiro atoms. The molecule has 0 aliphatic heterocycles. The van der Waals surface area contributed by atoms with Crippen LogP contribution in [0, 0.1) is 5.92 Å². The number of carbonyl (C=O) groups excluding carboxylic acids is 1. The van der Waals surface area contributed by atoms with Crippen LogP contribution in [0.25, 0.3) is 0 Å². The fourth-order valence-electron chi connectivity index (χ4n) is 2.55. The summed E-state index contributed by atoms with van der Waals surface area (Å²) in [6.45, 7) is 4.64. The molecule has 118 valence electrons. The molecule has 0 aliphatic carbocycles. The normalized spacial score (nSPS) is 10.0. The van der Waals surface area contributed by atoms with Crippen molar-refractivity contribution in [3.8, 4) is 0 Å². The van der Waals surface area contributed by atoms with E-state index in [4.69, 9.17) is 0 Å². The summed E-state index contributed by atoms with van der Waals surface area (Å²) < 4.78 is 0. The molecule has 0 saturated heterocycles. The Bertz CT molecular complexity index is 194. The second kappa shape index (κ2) is 23.9. The minimum Gasteiger partial charge on any atom is -1.00 e. The number of unbranched alkanes of at least 4 members (excludes halogenated alkanes) is 12. The molecule has 3 heteroatoms. The number of aldehydes is 1. The van der Waals surface area contributed by atoms with E-state index in [1.54, 1.807) is 0 Å². The van der Waals surface area contributed by atoms with Gasteiger partial charge in [-0.05, 0) is 12.3 Å². The van der Waals surface area contributed by atoms with Gasteiger partial charge in [-0.3, -0.25) is 0 Å². The van der Waals surface area contributed by atoms with Gasteiger partial charge in [0.05, 0.1) is 0 Å². The second-order valence-corrected chi connectivity index (χ2v) is 6.38. The van der Waals surface area contributed by atoms with Gasteiger partial charge in [0.1, 0.15) is 6.29 Å². The zero-order valence-electron chi connectivity index (χ0n) is 17.5. The molecule has 0 aliphatic rings. The van der Waals surface area contributed by atoms with Gasteiger partial charge in [-0.1, -0.05) is 90.9 Å². The third kappa shape index (κ3) is 26.9. The van der Waals surface area contributed by atoms with E-state index in [0.717, 1.165) is 25.0 Å². The van der Waals surface area contributed by atoms with Gasteiger partial charge in [0.15, 0.2) is 0 Å². The quantitative estimate of drug-likeness (QED) is 0.245. The fourth-order valence-corrected chi connectivity index (χ4v) is 2.55. The molecule has 0 saturated carbocycles. The molecule has 0 aromatic rings. The molecular weight excluding hydrogens is 278 g/mol. The van der Waals surface area contributed by atoms with Crippen LogP contribution < -0.4 is 59.1 Å². The molecule has 0 aromatic carbocycles. The average molecular weight is 316 g/mol. The molecule has 0 amide bonds. The molecule has 0 bridgehead atoms. The summed E-state index contributed by atoms with van der Waals surface area (Å²) in [5, 5.41) is 0. The Morgan fingerprint density at radius 2 is 1.00 bits per heavy atom. The summed E-state index contributed by atoms with van der Waals surface area (Å²) in [5.74, 6) is 0.881. The SMILES string of the molecule is CC(C)CCCCCCCCCCCCCCC=O.[H-].[H-].[Na+].[Na+]. The largest absolute Gasteiger partial charge is 1.00 e. The van der Waals surface area contributed by atoms with Crippen molar-refractivity contribution in [2.24, 2.45) is 5.92 Å². The van der Waals surface area contributed by atoms with E-state index in [0.29, 0.717) is 0 Å². The maximum absolute atomic E-state index is 10.1. The molecule has 0 fully saturated rings. The Kier molecular flexibility index (Phi) is 31.4. The van der Waals surface area contributed by atoms with Crippen molar-refractivity contribution in [2.75, 3.05) is 0 Å². The van der Waals surface area contributed by atoms with E-state index in [9.17, 15) is 4.79 Å². The number of rotatable bonds is 15. The van der Waals surface area contributed by atoms with Gasteiger partial charge in [-0.15, -0.1) is 0 Å². The summed E-state index contributed by atoms with van der Waals surface area (Å²) in [5.41, 5.74) is 0. The molecule has 21 heavy (non-hydrogen) atoms. The zero-order valence-corrected chi connectivity index (χ0v) is 19.5. The Morgan fingerprint density at radius 3 is 1.33 bits per heavy atom. The van der Waals surface area contributed by atoms with Gasteiger partial charge in [0.2, 0.25) is 0 Å². The van der Waals surface area contributed by atoms with Crippen LogP contribution in [0.4, 0.5) is 0 Å². The van der Waals surface area contributed by atoms with Crippen LogP contribution in [0.15, 0.2) is 0 Å². The fraction of sp³-hybridized carbons (Fsp3) is 0.944. The van der Waals surface area contributed by atoms with Gasteiger partial charge >= 0.3 is 59.1 Å². The predicted octanol–water partition coefficient (Wildman–Crippen LogP) is 0.536. The van der Waals surface area contributed by atoms with Crippen LogP contribution in [-0.2, 0) is 4.79 Å². The van der Waals surface area contributed by atoms with Crippen molar-refractivity contribution in [1.29, 1.82) is 0 Å². The Balaban J connectivity index is -0.000000270. The Morgan fingerprint density at radius 1 is 0.667 bits per heavy atom. The van der Waals surface area contributed by atoms with E-state index >= 15 is 0 Å². The average Bonchev–Trinajstić information content (AvgIpc) is 2.39. The summed E-state index contributed by atoms with van der Waals surface area (Å²) in [6, 6.07) is 0. The zero-order chi connectivity index (χ0) is 14.2. The van der Waals surface area contributed by atoms with E-state index in [-0.39, 0.29) is 62.0 Å². The van der Waals surface area contributed by atoms with Crippen molar-refractivity contribution in [3.05, 3.63) is 0 Å². The summed E-state index contributed by atoms with van der Waals surface area (Å²) in [4.78, 5) is 10.1. The van der Waals surface area contributed by atoms with Gasteiger partial charge < -0.3 is 7.65 Å². The van der Waals surface area contributed by atoms with E-state index < -0.39 is 0 Å². The van der Waals surface area contributed by atoms with Crippen LogP contribution in [0.5, 0.6) is 0 Å². The maximum Gasteiger partial charge on any atom is 1.00 e. The first-order chi connectivity index (χ1) is 9.27. The minimum atomic E-state index is 0. The first-order valence-electron chi connectivity index (χ1n) is 8.71. The molecule has 0 rings (SSSR count). The van der Waals surface area contributed by atoms with Crippen molar-refractivity contribution in [2.45, 2.75) is 104 Å². The summed E-state index contributed by atoms with van der Waals surface area (Å²) in [6.07, 6.45) is 19.7. The number of carbonyl (C=O) groups is 1. The van der Waals surface area contributed by atoms with Gasteiger partial charge in [-0.2, -0.15) is 0 Å². The second-order valence-electron chi connectivity index (χ2n) is 6.38. The third-order valence-electron chi connectivity index (χ3n) is 3.85. The van der Waals surface area contributed by atoms with Gasteiger partial charge in [0, 0.05) is 6.42 Å². The smallest absolute Gasteiger partial charge is 1.00 e. The minimum absolute atomic E-state index is 0. The standard InChI is InChI=1S/C18H36O.2Na.2H/c1-18(2)16-14-12-10-8-6-4-3-5-7-9-11-13-15-17-19;;;;/h17-18H,3-16H2,1-2H3;;;;/q;2*+1;2*-1. The predicted molar refractivity (Wildman–Crippen MR) is 87.8 cm³/mol. The van der Waals surface area contributed by atoms with Crippen molar-refractivity contribution in [1.82, 2.24) is 0 Å². The van der Waals surface area contributed by atoms with Crippen LogP contribution in [-0.4, -0.2) is 6.29 Å². The topological polar surface area (TPSA) is 17.1 Å². The molecule has 0 heterocycles. The van der Waals surface area contributed by atoms with Crippen molar-refractivity contribution >= 4 is 6.29 Å². The molecule has 0 radical (unpaired) electrons. The van der Waals surface area contributed by atoms with Crippen LogP contribution in [0.3, 0.4) is 0 Å². The summed E-state index contributed by atoms with van der Waals surface area (Å²) in [7, 11) is 0. The van der Waals surface area contributed by atoms with Crippen molar-refractivity contribution < 1.29 is 66.8 Å². The Labute approximate surface area is 181 Å². The van der Waals surface area contributed by atoms with Crippen LogP contribution in [0.2, 0.25) is 0 Å². The molecule has 1 nitrogen and oxygen atoms in total. The maximum atomic E-state index is 10.1. The van der Waals surface area contributed by atoms with Gasteiger partial charge in [0.25, 0.3) is 0 Å². The van der Waals surface area contributed by atoms with Crippen LogP contribution in [0.1, 0.15) is 107 Å². The molecule has 0 aromatic heterocycles. The molecule has 0 atom stereocenters. The third-order valence-corrected chi connectivity index (χ3v) is 3.85. The first-order valence-corrected chi connectivity index (χ1v) is 8.71. The Hall–Kier alpha value is 1.67. The summed E-state index contributed by atoms with van der Waals surface area (Å²) >= 11 is 0. The molecule has 0 unspecified atom stereocenters. The number of hydrogen-bond donors (Lipinski definition) is 0. The van der Waals surface area contributed by atoms with E-state index in [1.165, 1.54) is 77.0 Å². The first kappa shape index (κ1) is 27.5. The molecule has 0 N–H and O–H groups in total. The van der Waals surface area contributed by atoms with Crippen LogP contribution >= 0.6 is 0 Å². The monoisotopic (exact) mass is 316 g/mol. The van der Waals surface area contributed by atoms with Gasteiger partial charge in [-0.25, -0.2) is 0 Å².